The van der Waals surface area contributed by atoms with Crippen molar-refractivity contribution in [1.29, 1.82) is 0 Å². The van der Waals surface area contributed by atoms with Crippen LogP contribution >= 0.6 is 23.4 Å². The highest BCUT2D eigenvalue weighted by molar-refractivity contribution is 7.98. The van der Waals surface area contributed by atoms with Gasteiger partial charge < -0.3 is 15.4 Å². The molecule has 0 bridgehead atoms. The van der Waals surface area contributed by atoms with Gasteiger partial charge in [-0.15, -0.1) is 5.10 Å². The van der Waals surface area contributed by atoms with E-state index in [9.17, 15) is 4.79 Å². The fourth-order valence-corrected chi connectivity index (χ4v) is 5.49. The third-order valence-electron chi connectivity index (χ3n) is 6.47. The quantitative estimate of drug-likeness (QED) is 0.249. The second-order valence-electron chi connectivity index (χ2n) is 9.18. The van der Waals surface area contributed by atoms with Crippen LogP contribution < -0.4 is 15.4 Å². The van der Waals surface area contributed by atoms with Gasteiger partial charge in [0.25, 0.3) is 5.91 Å². The van der Waals surface area contributed by atoms with Crippen LogP contribution in [0.3, 0.4) is 0 Å². The van der Waals surface area contributed by atoms with E-state index in [2.05, 4.69) is 42.7 Å². The summed E-state index contributed by atoms with van der Waals surface area (Å²) < 4.78 is 7.01. The first kappa shape index (κ1) is 25.9. The average Bonchev–Trinajstić information content (AvgIpc) is 3.30. The maximum absolute atomic E-state index is 13.6. The lowest BCUT2D eigenvalue weighted by Gasteiger charge is -2.28. The fourth-order valence-electron chi connectivity index (χ4n) is 4.46. The summed E-state index contributed by atoms with van der Waals surface area (Å²) in [5.41, 5.74) is 6.53. The molecule has 2 heterocycles. The first-order valence-corrected chi connectivity index (χ1v) is 13.5. The van der Waals surface area contributed by atoms with Crippen LogP contribution in [0.1, 0.15) is 35.2 Å². The van der Waals surface area contributed by atoms with E-state index in [0.717, 1.165) is 17.1 Å². The largest absolute Gasteiger partial charge is 0.497 e. The SMILES string of the molecule is COc1ccc(NC(=O)C2=C(C)Nc3nc(SCc4ccc(C)cc4C)nn3[C@@H]2c2ccc(Cl)cc2)cc1. The zero-order valence-corrected chi connectivity index (χ0v) is 23.2. The van der Waals surface area contributed by atoms with Crippen molar-refractivity contribution >= 4 is 40.9 Å². The number of methoxy groups -OCH3 is 1. The monoisotopic (exact) mass is 545 g/mol. The Balaban J connectivity index is 1.46. The highest BCUT2D eigenvalue weighted by atomic mass is 35.5. The maximum Gasteiger partial charge on any atom is 0.255 e. The number of nitrogens with zero attached hydrogens (tertiary/aromatic N) is 3. The van der Waals surface area contributed by atoms with Gasteiger partial charge in [-0.1, -0.05) is 59.3 Å². The minimum absolute atomic E-state index is 0.231. The number of amides is 1. The number of ether oxygens (including phenoxy) is 1. The predicted octanol–water partition coefficient (Wildman–Crippen LogP) is 6.78. The molecular formula is C29H28ClN5O2S. The number of thioether (sulfide) groups is 1. The van der Waals surface area contributed by atoms with Gasteiger partial charge in [0.15, 0.2) is 0 Å². The number of hydrogen-bond acceptors (Lipinski definition) is 6. The summed E-state index contributed by atoms with van der Waals surface area (Å²) in [6, 6.07) is 20.7. The van der Waals surface area contributed by atoms with Crippen molar-refractivity contribution in [2.45, 2.75) is 37.7 Å². The third kappa shape index (κ3) is 5.42. The molecule has 7 nitrogen and oxygen atoms in total. The molecule has 1 aromatic heterocycles. The van der Waals surface area contributed by atoms with Gasteiger partial charge in [0, 0.05) is 22.2 Å². The van der Waals surface area contributed by atoms with E-state index < -0.39 is 6.04 Å². The lowest BCUT2D eigenvalue weighted by molar-refractivity contribution is -0.113. The average molecular weight is 546 g/mol. The number of nitrogens with one attached hydrogen (secondary N) is 2. The lowest BCUT2D eigenvalue weighted by Crippen LogP contribution is -2.31. The van der Waals surface area contributed by atoms with E-state index >= 15 is 0 Å². The number of allylic oxidation sites excluding steroid dienone is 1. The maximum atomic E-state index is 13.6. The number of aromatic nitrogens is 3. The highest BCUT2D eigenvalue weighted by Crippen LogP contribution is 2.37. The van der Waals surface area contributed by atoms with E-state index in [4.69, 9.17) is 26.4 Å². The Hall–Kier alpha value is -3.75. The number of carbonyl (C=O) groups excluding carboxylic acids is 1. The summed E-state index contributed by atoms with van der Waals surface area (Å²) in [6.45, 7) is 6.09. The molecule has 5 rings (SSSR count). The summed E-state index contributed by atoms with van der Waals surface area (Å²) in [5.74, 6) is 1.82. The molecule has 0 unspecified atom stereocenters. The number of carbonyl (C=O) groups is 1. The topological polar surface area (TPSA) is 81.1 Å². The van der Waals surface area contributed by atoms with E-state index in [1.54, 1.807) is 35.7 Å². The molecule has 4 aromatic rings. The molecule has 194 valence electrons. The summed E-state index contributed by atoms with van der Waals surface area (Å²) >= 11 is 7.75. The molecule has 1 amide bonds. The van der Waals surface area contributed by atoms with Crippen molar-refractivity contribution in [1.82, 2.24) is 14.8 Å². The van der Waals surface area contributed by atoms with Crippen molar-refractivity contribution in [3.8, 4) is 5.75 Å². The Morgan fingerprint density at radius 1 is 1.08 bits per heavy atom. The molecule has 2 N–H and O–H groups in total. The van der Waals surface area contributed by atoms with E-state index in [1.165, 1.54) is 16.7 Å². The first-order valence-electron chi connectivity index (χ1n) is 12.2. The second kappa shape index (κ2) is 10.9. The van der Waals surface area contributed by atoms with Crippen LogP contribution in [0.5, 0.6) is 5.75 Å². The zero-order valence-electron chi connectivity index (χ0n) is 21.6. The van der Waals surface area contributed by atoms with Crippen LogP contribution in [0.2, 0.25) is 5.02 Å². The Morgan fingerprint density at radius 2 is 1.82 bits per heavy atom. The zero-order chi connectivity index (χ0) is 26.8. The highest BCUT2D eigenvalue weighted by Gasteiger charge is 2.34. The smallest absolute Gasteiger partial charge is 0.255 e. The Labute approximate surface area is 231 Å². The summed E-state index contributed by atoms with van der Waals surface area (Å²) in [4.78, 5) is 18.4. The van der Waals surface area contributed by atoms with Gasteiger partial charge in [0.2, 0.25) is 11.1 Å². The van der Waals surface area contributed by atoms with Gasteiger partial charge in [-0.2, -0.15) is 4.98 Å². The van der Waals surface area contributed by atoms with E-state index in [-0.39, 0.29) is 5.91 Å². The summed E-state index contributed by atoms with van der Waals surface area (Å²) in [7, 11) is 1.61. The van der Waals surface area contributed by atoms with Crippen LogP contribution in [-0.4, -0.2) is 27.8 Å². The predicted molar refractivity (Wildman–Crippen MR) is 153 cm³/mol. The number of aryl methyl sites for hydroxylation is 2. The molecule has 0 spiro atoms. The molecule has 0 saturated carbocycles. The molecule has 9 heteroatoms. The van der Waals surface area contributed by atoms with E-state index in [0.29, 0.717) is 33.1 Å². The minimum atomic E-state index is -0.482. The van der Waals surface area contributed by atoms with Crippen molar-refractivity contribution in [2.24, 2.45) is 0 Å². The standard InChI is InChI=1S/C29H28ClN5O2S/c1-17-5-6-21(18(2)15-17)16-38-29-33-28-31-19(3)25(27(36)32-23-11-13-24(37-4)14-12-23)26(35(28)34-29)20-7-9-22(30)10-8-20/h5-15,26H,16H2,1-4H3,(H,32,36)(H,31,33,34)/t26-/m1/s1. The van der Waals surface area contributed by atoms with Gasteiger partial charge in [-0.05, 0) is 73.9 Å². The second-order valence-corrected chi connectivity index (χ2v) is 10.6. The van der Waals surface area contributed by atoms with Gasteiger partial charge in [-0.25, -0.2) is 4.68 Å². The van der Waals surface area contributed by atoms with Crippen LogP contribution in [0.25, 0.3) is 0 Å². The molecule has 1 aliphatic rings. The number of hydrogen-bond donors (Lipinski definition) is 2. The van der Waals surface area contributed by atoms with Gasteiger partial charge in [-0.3, -0.25) is 4.79 Å². The number of rotatable bonds is 7. The van der Waals surface area contributed by atoms with Crippen molar-refractivity contribution in [3.05, 3.63) is 105 Å². The summed E-state index contributed by atoms with van der Waals surface area (Å²) in [5, 5.41) is 12.4. The van der Waals surface area contributed by atoms with Crippen molar-refractivity contribution < 1.29 is 9.53 Å². The molecule has 1 atom stereocenters. The van der Waals surface area contributed by atoms with Crippen LogP contribution in [0.4, 0.5) is 11.6 Å². The molecule has 0 fully saturated rings. The molecule has 38 heavy (non-hydrogen) atoms. The molecule has 1 aliphatic heterocycles. The summed E-state index contributed by atoms with van der Waals surface area (Å²) in [6.07, 6.45) is 0. The number of fused-ring (bicyclic) bond motifs is 1. The molecule has 0 aliphatic carbocycles. The molecule has 3 aromatic carbocycles. The Bertz CT molecular complexity index is 1510. The third-order valence-corrected chi connectivity index (χ3v) is 7.60. The Kier molecular flexibility index (Phi) is 7.44. The minimum Gasteiger partial charge on any atom is -0.497 e. The van der Waals surface area contributed by atoms with Gasteiger partial charge >= 0.3 is 0 Å². The van der Waals surface area contributed by atoms with Crippen LogP contribution in [0, 0.1) is 13.8 Å². The van der Waals surface area contributed by atoms with E-state index in [1.807, 2.05) is 43.3 Å². The van der Waals surface area contributed by atoms with Crippen molar-refractivity contribution in [2.75, 3.05) is 17.7 Å². The van der Waals surface area contributed by atoms with Crippen molar-refractivity contribution in [3.63, 3.8) is 0 Å². The van der Waals surface area contributed by atoms with Gasteiger partial charge in [0.05, 0.1) is 12.7 Å². The first-order chi connectivity index (χ1) is 18.3. The van der Waals surface area contributed by atoms with Crippen LogP contribution in [0.15, 0.2) is 83.2 Å². The van der Waals surface area contributed by atoms with Crippen LogP contribution in [-0.2, 0) is 10.5 Å². The molecule has 0 radical (unpaired) electrons. The van der Waals surface area contributed by atoms with Gasteiger partial charge in [0.1, 0.15) is 11.8 Å². The fraction of sp³-hybridized carbons (Fsp3) is 0.207. The molecular weight excluding hydrogens is 518 g/mol. The number of halogens is 1. The Morgan fingerprint density at radius 3 is 2.50 bits per heavy atom. The normalized spacial score (nSPS) is 14.6. The lowest BCUT2D eigenvalue weighted by atomic mass is 9.95. The number of anilines is 2. The number of benzene rings is 3. The molecule has 0 saturated heterocycles.